The van der Waals surface area contributed by atoms with E-state index in [0.29, 0.717) is 11.1 Å². The molecule has 0 fully saturated rings. The molecule has 0 amide bonds. The molecule has 0 atom stereocenters. The first-order valence-electron chi connectivity index (χ1n) is 6.56. The fourth-order valence-corrected chi connectivity index (χ4v) is 1.76. The number of rotatable bonds is 5. The van der Waals surface area contributed by atoms with Crippen LogP contribution in [0.2, 0.25) is 0 Å². The second kappa shape index (κ2) is 7.45. The fourth-order valence-electron chi connectivity index (χ4n) is 1.76. The predicted molar refractivity (Wildman–Crippen MR) is 76.5 cm³/mol. The first kappa shape index (κ1) is 15.8. The first-order valence-corrected chi connectivity index (χ1v) is 6.56. The van der Waals surface area contributed by atoms with E-state index >= 15 is 0 Å². The van der Waals surface area contributed by atoms with Gasteiger partial charge < -0.3 is 4.74 Å². The van der Waals surface area contributed by atoms with Gasteiger partial charge in [-0.1, -0.05) is 24.3 Å². The van der Waals surface area contributed by atoms with Crippen molar-refractivity contribution in [1.29, 1.82) is 0 Å². The Labute approximate surface area is 125 Å². The molecule has 0 heterocycles. The quantitative estimate of drug-likeness (QED) is 0.783. The summed E-state index contributed by atoms with van der Waals surface area (Å²) < 4.78 is 43.4. The maximum absolute atomic E-state index is 13.0. The largest absolute Gasteiger partial charge is 0.461 e. The summed E-state index contributed by atoms with van der Waals surface area (Å²) in [6.07, 6.45) is 3.09. The van der Waals surface area contributed by atoms with Gasteiger partial charge in [-0.15, -0.1) is 0 Å². The van der Waals surface area contributed by atoms with Crippen LogP contribution in [0.4, 0.5) is 13.2 Å². The number of benzene rings is 2. The van der Waals surface area contributed by atoms with E-state index in [1.54, 1.807) is 0 Å². The monoisotopic (exact) mass is 306 g/mol. The molecule has 0 aliphatic heterocycles. The highest BCUT2D eigenvalue weighted by molar-refractivity contribution is 5.72. The topological polar surface area (TPSA) is 26.3 Å². The molecule has 2 nitrogen and oxygen atoms in total. The van der Waals surface area contributed by atoms with Crippen molar-refractivity contribution in [3.8, 4) is 0 Å². The molecule has 0 saturated heterocycles. The molecule has 2 aromatic carbocycles. The van der Waals surface area contributed by atoms with Gasteiger partial charge in [0, 0.05) is 0 Å². The third-order valence-corrected chi connectivity index (χ3v) is 2.86. The summed E-state index contributed by atoms with van der Waals surface area (Å²) in [7, 11) is 0. The van der Waals surface area contributed by atoms with Crippen LogP contribution in [0.25, 0.3) is 6.08 Å². The van der Waals surface area contributed by atoms with Crippen LogP contribution < -0.4 is 0 Å². The smallest absolute Gasteiger partial charge is 0.310 e. The van der Waals surface area contributed by atoms with Crippen LogP contribution in [-0.4, -0.2) is 12.6 Å². The number of esters is 1. The zero-order valence-corrected chi connectivity index (χ0v) is 11.6. The van der Waals surface area contributed by atoms with Gasteiger partial charge in [-0.2, -0.15) is 0 Å². The molecule has 0 bridgehead atoms. The van der Waals surface area contributed by atoms with E-state index in [9.17, 15) is 18.0 Å². The Balaban J connectivity index is 1.80. The van der Waals surface area contributed by atoms with Gasteiger partial charge in [0.15, 0.2) is 11.6 Å². The van der Waals surface area contributed by atoms with E-state index in [2.05, 4.69) is 0 Å². The lowest BCUT2D eigenvalue weighted by atomic mass is 10.1. The van der Waals surface area contributed by atoms with E-state index in [0.717, 1.165) is 12.1 Å². The minimum atomic E-state index is -0.935. The number of ether oxygens (including phenoxy) is 1. The number of carbonyl (C=O) groups excluding carboxylic acids is 1. The number of hydrogen-bond donors (Lipinski definition) is 0. The van der Waals surface area contributed by atoms with Gasteiger partial charge in [0.05, 0.1) is 6.42 Å². The number of hydrogen-bond acceptors (Lipinski definition) is 2. The Hall–Kier alpha value is -2.56. The Morgan fingerprint density at radius 1 is 1.00 bits per heavy atom. The normalized spacial score (nSPS) is 10.9. The summed E-state index contributed by atoms with van der Waals surface area (Å²) >= 11 is 0. The second-order valence-electron chi connectivity index (χ2n) is 4.56. The standard InChI is InChI=1S/C17H13F3O2/c18-14-6-3-13(4-7-14)11-17(21)22-9-1-2-12-5-8-15(19)16(20)10-12/h1-8,10H,9,11H2/b2-1+. The van der Waals surface area contributed by atoms with E-state index < -0.39 is 17.6 Å². The van der Waals surface area contributed by atoms with E-state index in [4.69, 9.17) is 4.74 Å². The van der Waals surface area contributed by atoms with Crippen LogP contribution in [0.15, 0.2) is 48.5 Å². The van der Waals surface area contributed by atoms with Crippen LogP contribution in [0.5, 0.6) is 0 Å². The molecule has 0 aromatic heterocycles. The molecule has 22 heavy (non-hydrogen) atoms. The maximum Gasteiger partial charge on any atom is 0.310 e. The lowest BCUT2D eigenvalue weighted by Crippen LogP contribution is -2.07. The van der Waals surface area contributed by atoms with Crippen molar-refractivity contribution >= 4 is 12.0 Å². The van der Waals surface area contributed by atoms with Crippen LogP contribution in [0.3, 0.4) is 0 Å². The zero-order valence-electron chi connectivity index (χ0n) is 11.6. The molecule has 114 valence electrons. The van der Waals surface area contributed by atoms with E-state index in [1.807, 2.05) is 0 Å². The van der Waals surface area contributed by atoms with Gasteiger partial charge in [-0.05, 0) is 41.5 Å². The average molecular weight is 306 g/mol. The third kappa shape index (κ3) is 4.77. The number of carbonyl (C=O) groups is 1. The van der Waals surface area contributed by atoms with Crippen molar-refractivity contribution in [2.24, 2.45) is 0 Å². The molecule has 2 rings (SSSR count). The van der Waals surface area contributed by atoms with Crippen molar-refractivity contribution < 1.29 is 22.7 Å². The summed E-state index contributed by atoms with van der Waals surface area (Å²) in [6.45, 7) is 0.0129. The highest BCUT2D eigenvalue weighted by atomic mass is 19.2. The van der Waals surface area contributed by atoms with Crippen molar-refractivity contribution in [3.63, 3.8) is 0 Å². The summed E-state index contributed by atoms with van der Waals surface area (Å²) in [6, 6.07) is 9.04. The Morgan fingerprint density at radius 2 is 1.73 bits per heavy atom. The summed E-state index contributed by atoms with van der Waals surface area (Å²) in [4.78, 5) is 11.5. The molecule has 0 radical (unpaired) electrons. The Bertz CT molecular complexity index is 679. The molecule has 0 N–H and O–H groups in total. The van der Waals surface area contributed by atoms with Crippen molar-refractivity contribution in [2.75, 3.05) is 6.61 Å². The maximum atomic E-state index is 13.0. The second-order valence-corrected chi connectivity index (χ2v) is 4.56. The lowest BCUT2D eigenvalue weighted by Gasteiger charge is -2.02. The molecule has 0 aliphatic carbocycles. The van der Waals surface area contributed by atoms with Gasteiger partial charge in [0.1, 0.15) is 12.4 Å². The summed E-state index contributed by atoms with van der Waals surface area (Å²) in [5.41, 5.74) is 1.12. The van der Waals surface area contributed by atoms with Crippen molar-refractivity contribution in [2.45, 2.75) is 6.42 Å². The van der Waals surface area contributed by atoms with Crippen molar-refractivity contribution in [1.82, 2.24) is 0 Å². The average Bonchev–Trinajstić information content (AvgIpc) is 2.49. The first-order chi connectivity index (χ1) is 10.5. The van der Waals surface area contributed by atoms with Gasteiger partial charge in [0.25, 0.3) is 0 Å². The molecule has 0 aliphatic rings. The predicted octanol–water partition coefficient (Wildman–Crippen LogP) is 3.90. The SMILES string of the molecule is O=C(Cc1ccc(F)cc1)OC/C=C/c1ccc(F)c(F)c1. The van der Waals surface area contributed by atoms with Gasteiger partial charge in [0.2, 0.25) is 0 Å². The third-order valence-electron chi connectivity index (χ3n) is 2.86. The lowest BCUT2D eigenvalue weighted by molar-refractivity contribution is -0.141. The van der Waals surface area contributed by atoms with Gasteiger partial charge in [-0.3, -0.25) is 4.79 Å². The van der Waals surface area contributed by atoms with Crippen molar-refractivity contribution in [3.05, 3.63) is 77.1 Å². The van der Waals surface area contributed by atoms with Crippen LogP contribution in [-0.2, 0) is 16.0 Å². The molecule has 0 saturated carbocycles. The van der Waals surface area contributed by atoms with Gasteiger partial charge in [-0.25, -0.2) is 13.2 Å². The Kier molecular flexibility index (Phi) is 5.36. The molecule has 0 unspecified atom stereocenters. The molecule has 0 spiro atoms. The minimum Gasteiger partial charge on any atom is -0.461 e. The van der Waals surface area contributed by atoms with Gasteiger partial charge >= 0.3 is 5.97 Å². The van der Waals surface area contributed by atoms with E-state index in [-0.39, 0.29) is 18.8 Å². The molecular weight excluding hydrogens is 293 g/mol. The minimum absolute atomic E-state index is 0.0129. The zero-order chi connectivity index (χ0) is 15.9. The Morgan fingerprint density at radius 3 is 2.41 bits per heavy atom. The highest BCUT2D eigenvalue weighted by Crippen LogP contribution is 2.10. The van der Waals surface area contributed by atoms with Crippen LogP contribution >= 0.6 is 0 Å². The number of halogens is 3. The molecule has 5 heteroatoms. The molecular formula is C17H13F3O2. The highest BCUT2D eigenvalue weighted by Gasteiger charge is 2.04. The molecule has 2 aromatic rings. The summed E-state index contributed by atoms with van der Waals surface area (Å²) in [5.74, 6) is -2.67. The van der Waals surface area contributed by atoms with Crippen LogP contribution in [0.1, 0.15) is 11.1 Å². The van der Waals surface area contributed by atoms with E-state index in [1.165, 1.54) is 42.5 Å². The summed E-state index contributed by atoms with van der Waals surface area (Å²) in [5, 5.41) is 0. The van der Waals surface area contributed by atoms with Crippen LogP contribution in [0, 0.1) is 17.5 Å². The fraction of sp³-hybridized carbons (Fsp3) is 0.118.